The van der Waals surface area contributed by atoms with Gasteiger partial charge in [0.1, 0.15) is 0 Å². The van der Waals surface area contributed by atoms with Gasteiger partial charge in [-0.15, -0.1) is 0 Å². The molecule has 5 nitrogen and oxygen atoms in total. The normalized spacial score (nSPS) is 22.7. The predicted octanol–water partition coefficient (Wildman–Crippen LogP) is -0.876. The fourth-order valence-corrected chi connectivity index (χ4v) is 1.55. The molecule has 1 rings (SSSR count). The summed E-state index contributed by atoms with van der Waals surface area (Å²) in [6.45, 7) is 5.98. The highest BCUT2D eigenvalue weighted by Gasteiger charge is 2.21. The van der Waals surface area contributed by atoms with E-state index in [1.807, 2.05) is 14.0 Å². The average Bonchev–Trinajstić information content (AvgIpc) is 2.28. The van der Waals surface area contributed by atoms with E-state index in [-0.39, 0.29) is 12.0 Å². The fraction of sp³-hybridized carbons (Fsp3) is 0.900. The lowest BCUT2D eigenvalue weighted by Crippen LogP contribution is -2.49. The number of nitrogens with zero attached hydrogens (tertiary/aromatic N) is 2. The van der Waals surface area contributed by atoms with Gasteiger partial charge >= 0.3 is 0 Å². The molecule has 0 bridgehead atoms. The first-order chi connectivity index (χ1) is 7.17. The number of hydrogen-bond donors (Lipinski definition) is 1. The van der Waals surface area contributed by atoms with Gasteiger partial charge < -0.3 is 15.4 Å². The summed E-state index contributed by atoms with van der Waals surface area (Å²) in [6, 6.07) is 0. The molecule has 0 saturated carbocycles. The van der Waals surface area contributed by atoms with Crippen LogP contribution in [0.25, 0.3) is 0 Å². The second-order valence-electron chi connectivity index (χ2n) is 3.87. The molecule has 1 fully saturated rings. The summed E-state index contributed by atoms with van der Waals surface area (Å²) in [5, 5.41) is 0. The van der Waals surface area contributed by atoms with Crippen LogP contribution in [0, 0.1) is 0 Å². The van der Waals surface area contributed by atoms with E-state index in [1.54, 1.807) is 4.90 Å². The SMILES string of the molecule is CCN(C)C(=O)CN1CCOC(CN)C1. The van der Waals surface area contributed by atoms with Crippen molar-refractivity contribution >= 4 is 5.91 Å². The molecule has 88 valence electrons. The van der Waals surface area contributed by atoms with E-state index in [0.29, 0.717) is 19.7 Å². The van der Waals surface area contributed by atoms with Crippen molar-refractivity contribution in [2.75, 3.05) is 46.4 Å². The second kappa shape index (κ2) is 6.05. The first-order valence-corrected chi connectivity index (χ1v) is 5.45. The summed E-state index contributed by atoms with van der Waals surface area (Å²) in [6.07, 6.45) is 0.0819. The van der Waals surface area contributed by atoms with E-state index in [0.717, 1.165) is 19.6 Å². The van der Waals surface area contributed by atoms with E-state index in [9.17, 15) is 4.79 Å². The van der Waals surface area contributed by atoms with Crippen LogP contribution < -0.4 is 5.73 Å². The van der Waals surface area contributed by atoms with Crippen molar-refractivity contribution in [3.05, 3.63) is 0 Å². The Hall–Kier alpha value is -0.650. The molecule has 1 aliphatic rings. The molecular weight excluding hydrogens is 194 g/mol. The Morgan fingerprint density at radius 1 is 1.67 bits per heavy atom. The van der Waals surface area contributed by atoms with Gasteiger partial charge in [0.25, 0.3) is 0 Å². The van der Waals surface area contributed by atoms with Crippen LogP contribution in [0.3, 0.4) is 0 Å². The molecule has 1 saturated heterocycles. The highest BCUT2D eigenvalue weighted by Crippen LogP contribution is 2.04. The lowest BCUT2D eigenvalue weighted by atomic mass is 10.2. The molecule has 0 aliphatic carbocycles. The summed E-state index contributed by atoms with van der Waals surface area (Å²) < 4.78 is 5.43. The van der Waals surface area contributed by atoms with E-state index < -0.39 is 0 Å². The van der Waals surface area contributed by atoms with Crippen LogP contribution in [0.4, 0.5) is 0 Å². The first-order valence-electron chi connectivity index (χ1n) is 5.45. The topological polar surface area (TPSA) is 58.8 Å². The van der Waals surface area contributed by atoms with E-state index in [2.05, 4.69) is 4.90 Å². The Bertz CT molecular complexity index is 211. The highest BCUT2D eigenvalue weighted by molar-refractivity contribution is 5.77. The molecule has 15 heavy (non-hydrogen) atoms. The summed E-state index contributed by atoms with van der Waals surface area (Å²) in [5.41, 5.74) is 5.54. The minimum atomic E-state index is 0.0819. The van der Waals surface area contributed by atoms with Crippen LogP contribution in [0.5, 0.6) is 0 Å². The van der Waals surface area contributed by atoms with Crippen molar-refractivity contribution in [3.63, 3.8) is 0 Å². The minimum Gasteiger partial charge on any atom is -0.374 e. The van der Waals surface area contributed by atoms with Crippen molar-refractivity contribution in [2.24, 2.45) is 5.73 Å². The van der Waals surface area contributed by atoms with Gasteiger partial charge in [-0.05, 0) is 6.92 Å². The van der Waals surface area contributed by atoms with E-state index in [1.165, 1.54) is 0 Å². The van der Waals surface area contributed by atoms with Gasteiger partial charge in [0, 0.05) is 33.2 Å². The zero-order valence-corrected chi connectivity index (χ0v) is 9.61. The van der Waals surface area contributed by atoms with Gasteiger partial charge in [-0.1, -0.05) is 0 Å². The minimum absolute atomic E-state index is 0.0819. The standard InChI is InChI=1S/C10H21N3O2/c1-3-12(2)10(14)8-13-4-5-15-9(6-11)7-13/h9H,3-8,11H2,1-2H3. The van der Waals surface area contributed by atoms with Gasteiger partial charge in [-0.3, -0.25) is 9.69 Å². The van der Waals surface area contributed by atoms with E-state index >= 15 is 0 Å². The number of morpholine rings is 1. The quantitative estimate of drug-likeness (QED) is 0.662. The van der Waals surface area contributed by atoms with Crippen molar-refractivity contribution < 1.29 is 9.53 Å². The Kier molecular flexibility index (Phi) is 5.01. The lowest BCUT2D eigenvalue weighted by Gasteiger charge is -2.32. The molecule has 0 aromatic heterocycles. The number of amides is 1. The Balaban J connectivity index is 2.34. The molecule has 0 aromatic rings. The molecule has 5 heteroatoms. The number of ether oxygens (including phenoxy) is 1. The van der Waals surface area contributed by atoms with Crippen molar-refractivity contribution in [3.8, 4) is 0 Å². The predicted molar refractivity (Wildman–Crippen MR) is 58.5 cm³/mol. The average molecular weight is 215 g/mol. The van der Waals surface area contributed by atoms with Crippen LogP contribution in [-0.2, 0) is 9.53 Å². The number of hydrogen-bond acceptors (Lipinski definition) is 4. The molecule has 1 unspecified atom stereocenters. The Morgan fingerprint density at radius 2 is 2.40 bits per heavy atom. The Morgan fingerprint density at radius 3 is 3.00 bits per heavy atom. The molecule has 0 radical (unpaired) electrons. The fourth-order valence-electron chi connectivity index (χ4n) is 1.55. The molecule has 1 atom stereocenters. The monoisotopic (exact) mass is 215 g/mol. The Labute approximate surface area is 91.2 Å². The highest BCUT2D eigenvalue weighted by atomic mass is 16.5. The van der Waals surface area contributed by atoms with Crippen LogP contribution in [0.15, 0.2) is 0 Å². The summed E-state index contributed by atoms with van der Waals surface area (Å²) in [7, 11) is 1.82. The van der Waals surface area contributed by atoms with Crippen LogP contribution in [-0.4, -0.2) is 68.2 Å². The van der Waals surface area contributed by atoms with Crippen molar-refractivity contribution in [1.29, 1.82) is 0 Å². The summed E-state index contributed by atoms with van der Waals surface area (Å²) >= 11 is 0. The molecule has 2 N–H and O–H groups in total. The summed E-state index contributed by atoms with van der Waals surface area (Å²) in [5.74, 6) is 0.162. The van der Waals surface area contributed by atoms with Crippen molar-refractivity contribution in [2.45, 2.75) is 13.0 Å². The molecule has 0 aromatic carbocycles. The van der Waals surface area contributed by atoms with Gasteiger partial charge in [-0.2, -0.15) is 0 Å². The van der Waals surface area contributed by atoms with Gasteiger partial charge in [0.2, 0.25) is 5.91 Å². The van der Waals surface area contributed by atoms with Gasteiger partial charge in [0.05, 0.1) is 19.3 Å². The molecule has 1 aliphatic heterocycles. The van der Waals surface area contributed by atoms with Gasteiger partial charge in [0.15, 0.2) is 0 Å². The van der Waals surface area contributed by atoms with Crippen LogP contribution >= 0.6 is 0 Å². The molecular formula is C10H21N3O2. The second-order valence-corrected chi connectivity index (χ2v) is 3.87. The first kappa shape index (κ1) is 12.4. The van der Waals surface area contributed by atoms with Crippen molar-refractivity contribution in [1.82, 2.24) is 9.80 Å². The third-order valence-corrected chi connectivity index (χ3v) is 2.74. The molecule has 1 heterocycles. The van der Waals surface area contributed by atoms with Crippen LogP contribution in [0.2, 0.25) is 0 Å². The zero-order valence-electron chi connectivity index (χ0n) is 9.61. The number of likely N-dealkylation sites (N-methyl/N-ethyl adjacent to an activating group) is 1. The van der Waals surface area contributed by atoms with Crippen LogP contribution in [0.1, 0.15) is 6.92 Å². The number of carbonyl (C=O) groups excluding carboxylic acids is 1. The third-order valence-electron chi connectivity index (χ3n) is 2.74. The third kappa shape index (κ3) is 3.77. The largest absolute Gasteiger partial charge is 0.374 e. The zero-order chi connectivity index (χ0) is 11.3. The van der Waals surface area contributed by atoms with Gasteiger partial charge in [-0.25, -0.2) is 0 Å². The maximum Gasteiger partial charge on any atom is 0.236 e. The molecule has 0 spiro atoms. The lowest BCUT2D eigenvalue weighted by molar-refractivity contribution is -0.132. The summed E-state index contributed by atoms with van der Waals surface area (Å²) in [4.78, 5) is 15.5. The maximum absolute atomic E-state index is 11.6. The smallest absolute Gasteiger partial charge is 0.236 e. The number of rotatable bonds is 4. The molecule has 1 amide bonds. The maximum atomic E-state index is 11.6. The number of carbonyl (C=O) groups is 1. The number of nitrogens with two attached hydrogens (primary N) is 1. The van der Waals surface area contributed by atoms with E-state index in [4.69, 9.17) is 10.5 Å².